The summed E-state index contributed by atoms with van der Waals surface area (Å²) in [6.07, 6.45) is 6.34. The van der Waals surface area contributed by atoms with Crippen LogP contribution in [0.1, 0.15) is 49.3 Å². The number of aliphatic hydroxyl groups is 2. The fourth-order valence-corrected chi connectivity index (χ4v) is 6.88. The molecule has 3 atom stereocenters. The predicted octanol–water partition coefficient (Wildman–Crippen LogP) is 5.25. The molecule has 8 nitrogen and oxygen atoms in total. The normalized spacial score (nSPS) is 22.1. The van der Waals surface area contributed by atoms with Gasteiger partial charge in [0, 0.05) is 41.6 Å². The maximum atomic E-state index is 14.0. The van der Waals surface area contributed by atoms with E-state index < -0.39 is 17.4 Å². The summed E-state index contributed by atoms with van der Waals surface area (Å²) >= 11 is 6.33. The summed E-state index contributed by atoms with van der Waals surface area (Å²) in [4.78, 5) is 44.6. The first-order chi connectivity index (χ1) is 21.2. The largest absolute Gasteiger partial charge is 0.394 e. The fourth-order valence-electron chi connectivity index (χ4n) is 6.70. The van der Waals surface area contributed by atoms with Crippen LogP contribution in [0.25, 0.3) is 0 Å². The number of amides is 3. The molecular weight excluding hydrogens is 578 g/mol. The van der Waals surface area contributed by atoms with Gasteiger partial charge < -0.3 is 20.0 Å². The van der Waals surface area contributed by atoms with Crippen molar-refractivity contribution < 1.29 is 24.6 Å². The SMILES string of the molecule is C[C@H](/C=C/CC(=O)N1CCC[C@H]1CO)[C@@]1(O)C(=O)N(Cc2ccc(N3C(=O)CCc4ccccc43)cc2)c2ccc(Cl)cc21. The number of hydrogen-bond donors (Lipinski definition) is 2. The highest BCUT2D eigenvalue weighted by Gasteiger charge is 2.52. The van der Waals surface area contributed by atoms with E-state index in [9.17, 15) is 24.6 Å². The third kappa shape index (κ3) is 5.31. The van der Waals surface area contributed by atoms with Gasteiger partial charge in [0.15, 0.2) is 5.60 Å². The molecule has 3 aliphatic heterocycles. The van der Waals surface area contributed by atoms with Gasteiger partial charge in [-0.05, 0) is 66.8 Å². The first-order valence-electron chi connectivity index (χ1n) is 15.1. The molecule has 1 fully saturated rings. The molecule has 1 saturated heterocycles. The summed E-state index contributed by atoms with van der Waals surface area (Å²) in [6, 6.07) is 20.4. The van der Waals surface area contributed by atoms with E-state index in [0.717, 1.165) is 41.8 Å². The van der Waals surface area contributed by atoms with Crippen LogP contribution in [-0.4, -0.2) is 52.0 Å². The number of anilines is 3. The summed E-state index contributed by atoms with van der Waals surface area (Å²) in [5, 5.41) is 21.9. The van der Waals surface area contributed by atoms with Gasteiger partial charge in [-0.3, -0.25) is 19.3 Å². The number of carbonyl (C=O) groups is 3. The average Bonchev–Trinajstić information content (AvgIpc) is 3.59. The minimum absolute atomic E-state index is 0.0411. The van der Waals surface area contributed by atoms with Gasteiger partial charge in [-0.15, -0.1) is 0 Å². The van der Waals surface area contributed by atoms with Crippen LogP contribution in [0, 0.1) is 5.92 Å². The fraction of sp³-hybridized carbons (Fsp3) is 0.343. The second-order valence-corrected chi connectivity index (χ2v) is 12.3. The molecule has 0 aromatic heterocycles. The Morgan fingerprint density at radius 3 is 2.61 bits per heavy atom. The van der Waals surface area contributed by atoms with Crippen LogP contribution in [0.5, 0.6) is 0 Å². The molecule has 0 spiro atoms. The second-order valence-electron chi connectivity index (χ2n) is 11.8. The molecule has 6 rings (SSSR count). The van der Waals surface area contributed by atoms with Gasteiger partial charge in [-0.25, -0.2) is 0 Å². The summed E-state index contributed by atoms with van der Waals surface area (Å²) in [5.41, 5.74) is 2.74. The molecule has 0 radical (unpaired) electrons. The topological polar surface area (TPSA) is 101 Å². The molecule has 3 heterocycles. The molecule has 0 unspecified atom stereocenters. The zero-order valence-electron chi connectivity index (χ0n) is 24.7. The van der Waals surface area contributed by atoms with Gasteiger partial charge in [-0.1, -0.05) is 61.0 Å². The van der Waals surface area contributed by atoms with Crippen molar-refractivity contribution in [3.8, 4) is 0 Å². The first-order valence-corrected chi connectivity index (χ1v) is 15.5. The predicted molar refractivity (Wildman–Crippen MR) is 170 cm³/mol. The third-order valence-electron chi connectivity index (χ3n) is 9.14. The first kappa shape index (κ1) is 30.1. The number of fused-ring (bicyclic) bond motifs is 2. The lowest BCUT2D eigenvalue weighted by atomic mass is 9.83. The standard InChI is InChI=1S/C35H36ClN3O5/c1-23(6-4-10-32(41)37-19-5-8-28(37)22-40)35(44)29-20-26(36)14-17-31(29)38(34(35)43)21-24-11-15-27(16-12-24)39-30-9-3-2-7-25(30)13-18-33(39)42/h2-4,6-7,9,11-12,14-17,20,23,28,40,44H,5,8,10,13,18-19,21-22H2,1H3/b6-4+/t23-,28+,35+/m1/s1. The highest BCUT2D eigenvalue weighted by Crippen LogP contribution is 2.47. The van der Waals surface area contributed by atoms with E-state index in [0.29, 0.717) is 29.2 Å². The minimum Gasteiger partial charge on any atom is -0.394 e. The van der Waals surface area contributed by atoms with Crippen molar-refractivity contribution in [2.75, 3.05) is 23.0 Å². The number of aryl methyl sites for hydroxylation is 1. The van der Waals surface area contributed by atoms with Crippen molar-refractivity contribution in [2.45, 2.75) is 57.2 Å². The zero-order chi connectivity index (χ0) is 31.0. The quantitative estimate of drug-likeness (QED) is 0.338. The monoisotopic (exact) mass is 613 g/mol. The van der Waals surface area contributed by atoms with Crippen LogP contribution in [-0.2, 0) is 33.0 Å². The summed E-state index contributed by atoms with van der Waals surface area (Å²) in [7, 11) is 0. The molecule has 44 heavy (non-hydrogen) atoms. The van der Waals surface area contributed by atoms with Crippen molar-refractivity contribution in [1.82, 2.24) is 4.90 Å². The Morgan fingerprint density at radius 1 is 1.07 bits per heavy atom. The molecule has 0 bridgehead atoms. The Hall–Kier alpha value is -3.98. The summed E-state index contributed by atoms with van der Waals surface area (Å²) < 4.78 is 0. The van der Waals surface area contributed by atoms with E-state index in [-0.39, 0.29) is 37.4 Å². The number of nitrogens with zero attached hydrogens (tertiary/aromatic N) is 3. The van der Waals surface area contributed by atoms with E-state index >= 15 is 0 Å². The molecule has 3 aromatic carbocycles. The van der Waals surface area contributed by atoms with Crippen LogP contribution in [0.3, 0.4) is 0 Å². The molecule has 2 N–H and O–H groups in total. The Kier molecular flexibility index (Phi) is 8.33. The number of aliphatic hydroxyl groups excluding tert-OH is 1. The van der Waals surface area contributed by atoms with Gasteiger partial charge in [0.25, 0.3) is 5.91 Å². The highest BCUT2D eigenvalue weighted by molar-refractivity contribution is 6.31. The van der Waals surface area contributed by atoms with Gasteiger partial charge >= 0.3 is 0 Å². The van der Waals surface area contributed by atoms with Crippen molar-refractivity contribution >= 4 is 46.4 Å². The maximum absolute atomic E-state index is 14.0. The summed E-state index contributed by atoms with van der Waals surface area (Å²) in [6.45, 7) is 2.54. The van der Waals surface area contributed by atoms with Gasteiger partial charge in [0.1, 0.15) is 0 Å². The third-order valence-corrected chi connectivity index (χ3v) is 9.38. The molecule has 0 aliphatic carbocycles. The maximum Gasteiger partial charge on any atom is 0.264 e. The Balaban J connectivity index is 1.21. The lowest BCUT2D eigenvalue weighted by Gasteiger charge is -2.30. The van der Waals surface area contributed by atoms with Crippen LogP contribution < -0.4 is 9.80 Å². The van der Waals surface area contributed by atoms with Gasteiger partial charge in [0.05, 0.1) is 30.6 Å². The highest BCUT2D eigenvalue weighted by atomic mass is 35.5. The van der Waals surface area contributed by atoms with Crippen molar-refractivity contribution in [3.63, 3.8) is 0 Å². The number of halogens is 1. The molecule has 3 aromatic rings. The molecule has 228 valence electrons. The number of benzene rings is 3. The van der Waals surface area contributed by atoms with Crippen molar-refractivity contribution in [3.05, 3.63) is 101 Å². The van der Waals surface area contributed by atoms with Crippen LogP contribution >= 0.6 is 11.6 Å². The van der Waals surface area contributed by atoms with Crippen LogP contribution in [0.15, 0.2) is 78.9 Å². The van der Waals surface area contributed by atoms with E-state index in [1.807, 2.05) is 48.5 Å². The number of likely N-dealkylation sites (tertiary alicyclic amines) is 1. The van der Waals surface area contributed by atoms with Gasteiger partial charge in [-0.2, -0.15) is 0 Å². The van der Waals surface area contributed by atoms with Gasteiger partial charge in [0.2, 0.25) is 11.8 Å². The number of rotatable bonds is 8. The molecule has 9 heteroatoms. The van der Waals surface area contributed by atoms with Crippen LogP contribution in [0.2, 0.25) is 5.02 Å². The van der Waals surface area contributed by atoms with E-state index in [1.54, 1.807) is 52.0 Å². The molecule has 3 aliphatic rings. The van der Waals surface area contributed by atoms with E-state index in [1.165, 1.54) is 0 Å². The Bertz CT molecular complexity index is 1620. The number of carbonyl (C=O) groups excluding carboxylic acids is 3. The lowest BCUT2D eigenvalue weighted by Crippen LogP contribution is -2.44. The van der Waals surface area contributed by atoms with Crippen molar-refractivity contribution in [2.24, 2.45) is 5.92 Å². The Labute approximate surface area is 262 Å². The van der Waals surface area contributed by atoms with Crippen molar-refractivity contribution in [1.29, 1.82) is 0 Å². The van der Waals surface area contributed by atoms with E-state index in [4.69, 9.17) is 11.6 Å². The molecule has 0 saturated carbocycles. The lowest BCUT2D eigenvalue weighted by molar-refractivity contribution is -0.139. The Morgan fingerprint density at radius 2 is 1.84 bits per heavy atom. The molecule has 3 amide bonds. The van der Waals surface area contributed by atoms with E-state index in [2.05, 4.69) is 0 Å². The smallest absolute Gasteiger partial charge is 0.264 e. The van der Waals surface area contributed by atoms with Crippen LogP contribution in [0.4, 0.5) is 17.1 Å². The number of hydrogen-bond acceptors (Lipinski definition) is 5. The second kappa shape index (κ2) is 12.2. The zero-order valence-corrected chi connectivity index (χ0v) is 25.4. The molecular formula is C35H36ClN3O5. The minimum atomic E-state index is -1.87. The summed E-state index contributed by atoms with van der Waals surface area (Å²) in [5.74, 6) is -1.16. The average molecular weight is 614 g/mol. The number of para-hydroxylation sites is 1.